The van der Waals surface area contributed by atoms with Crippen LogP contribution in [-0.2, 0) is 0 Å². The van der Waals surface area contributed by atoms with Crippen LogP contribution in [0.15, 0.2) is 54.9 Å². The number of rotatable bonds is 5. The Bertz CT molecular complexity index is 531. The first kappa shape index (κ1) is 13.3. The zero-order valence-electron chi connectivity index (χ0n) is 11.0. The Balaban J connectivity index is 1.96. The predicted octanol–water partition coefficient (Wildman–Crippen LogP) is 3.04. The smallest absolute Gasteiger partial charge is 0.0837 e. The summed E-state index contributed by atoms with van der Waals surface area (Å²) in [5.41, 5.74) is 2.24. The van der Waals surface area contributed by atoms with Crippen LogP contribution in [0.25, 0.3) is 0 Å². The summed E-state index contributed by atoms with van der Waals surface area (Å²) in [7, 11) is 0. The minimum Gasteiger partial charge on any atom is -0.309 e. The van der Waals surface area contributed by atoms with Crippen molar-refractivity contribution in [1.29, 1.82) is 5.26 Å². The number of hydrogen-bond acceptors (Lipinski definition) is 3. The van der Waals surface area contributed by atoms with Crippen LogP contribution in [0, 0.1) is 11.3 Å². The van der Waals surface area contributed by atoms with Crippen LogP contribution in [0.4, 0.5) is 0 Å². The maximum absolute atomic E-state index is 9.26. The average Bonchev–Trinajstić information content (AvgIpc) is 2.49. The largest absolute Gasteiger partial charge is 0.309 e. The van der Waals surface area contributed by atoms with Crippen LogP contribution in [0.5, 0.6) is 0 Å². The van der Waals surface area contributed by atoms with Crippen LogP contribution < -0.4 is 5.32 Å². The Morgan fingerprint density at radius 3 is 2.42 bits per heavy atom. The molecule has 0 aliphatic heterocycles. The Kier molecular flexibility index (Phi) is 4.66. The summed E-state index contributed by atoms with van der Waals surface area (Å²) in [4.78, 5) is 4.01. The molecule has 1 aromatic carbocycles. The lowest BCUT2D eigenvalue weighted by Gasteiger charge is -2.16. The van der Waals surface area contributed by atoms with E-state index in [2.05, 4.69) is 23.3 Å². The minimum atomic E-state index is -0.120. The average molecular weight is 251 g/mol. The van der Waals surface area contributed by atoms with Crippen LogP contribution in [0.1, 0.15) is 30.0 Å². The van der Waals surface area contributed by atoms with Crippen molar-refractivity contribution < 1.29 is 0 Å². The Labute approximate surface area is 113 Å². The van der Waals surface area contributed by atoms with Gasteiger partial charge in [0.25, 0.3) is 0 Å². The van der Waals surface area contributed by atoms with Crippen LogP contribution >= 0.6 is 0 Å². The molecule has 0 saturated carbocycles. The van der Waals surface area contributed by atoms with Gasteiger partial charge in [0.15, 0.2) is 0 Å². The summed E-state index contributed by atoms with van der Waals surface area (Å²) in [6, 6.07) is 16.4. The minimum absolute atomic E-state index is 0.120. The van der Waals surface area contributed by atoms with Crippen molar-refractivity contribution in [3.63, 3.8) is 0 Å². The fourth-order valence-corrected chi connectivity index (χ4v) is 1.99. The van der Waals surface area contributed by atoms with Crippen molar-refractivity contribution >= 4 is 0 Å². The van der Waals surface area contributed by atoms with E-state index in [1.165, 1.54) is 5.56 Å². The molecule has 0 fully saturated rings. The van der Waals surface area contributed by atoms with Gasteiger partial charge in [-0.15, -0.1) is 0 Å². The maximum atomic E-state index is 9.26. The standard InChI is InChI=1S/C16H17N3/c1-13(14-7-9-18-10-8-14)19-12-16(11-17)15-5-3-2-4-6-15/h2-10,13,16,19H,12H2,1H3. The van der Waals surface area contributed by atoms with Crippen molar-refractivity contribution in [1.82, 2.24) is 10.3 Å². The molecule has 2 atom stereocenters. The quantitative estimate of drug-likeness (QED) is 0.888. The van der Waals surface area contributed by atoms with Crippen molar-refractivity contribution in [2.75, 3.05) is 6.54 Å². The Morgan fingerprint density at radius 2 is 1.79 bits per heavy atom. The van der Waals surface area contributed by atoms with E-state index in [4.69, 9.17) is 0 Å². The molecular formula is C16H17N3. The second-order valence-corrected chi connectivity index (χ2v) is 4.50. The van der Waals surface area contributed by atoms with Gasteiger partial charge in [-0.3, -0.25) is 4.98 Å². The van der Waals surface area contributed by atoms with Gasteiger partial charge in [0.05, 0.1) is 12.0 Å². The van der Waals surface area contributed by atoms with E-state index in [-0.39, 0.29) is 12.0 Å². The van der Waals surface area contributed by atoms with Gasteiger partial charge in [-0.2, -0.15) is 5.26 Å². The van der Waals surface area contributed by atoms with Crippen molar-refractivity contribution in [3.05, 3.63) is 66.0 Å². The SMILES string of the molecule is CC(NCC(C#N)c1ccccc1)c1ccncc1. The van der Waals surface area contributed by atoms with E-state index < -0.39 is 0 Å². The lowest BCUT2D eigenvalue weighted by Crippen LogP contribution is -2.24. The summed E-state index contributed by atoms with van der Waals surface area (Å²) in [6.45, 7) is 2.73. The molecule has 0 bridgehead atoms. The molecule has 3 heteroatoms. The highest BCUT2D eigenvalue weighted by Crippen LogP contribution is 2.16. The number of hydrogen-bond donors (Lipinski definition) is 1. The molecule has 2 aromatic rings. The molecule has 19 heavy (non-hydrogen) atoms. The summed E-state index contributed by atoms with van der Waals surface area (Å²) < 4.78 is 0. The molecule has 0 aliphatic rings. The van der Waals surface area contributed by atoms with Crippen LogP contribution in [-0.4, -0.2) is 11.5 Å². The summed E-state index contributed by atoms with van der Waals surface area (Å²) >= 11 is 0. The predicted molar refractivity (Wildman–Crippen MR) is 75.5 cm³/mol. The summed E-state index contributed by atoms with van der Waals surface area (Å²) in [5.74, 6) is -0.120. The number of nitrogens with one attached hydrogen (secondary N) is 1. The van der Waals surface area contributed by atoms with E-state index in [1.807, 2.05) is 42.5 Å². The maximum Gasteiger partial charge on any atom is 0.0837 e. The van der Waals surface area contributed by atoms with Gasteiger partial charge in [0.1, 0.15) is 0 Å². The Morgan fingerprint density at radius 1 is 1.11 bits per heavy atom. The number of nitriles is 1. The third-order valence-electron chi connectivity index (χ3n) is 3.19. The van der Waals surface area contributed by atoms with E-state index in [9.17, 15) is 5.26 Å². The van der Waals surface area contributed by atoms with Crippen molar-refractivity contribution in [2.45, 2.75) is 18.9 Å². The van der Waals surface area contributed by atoms with Crippen LogP contribution in [0.2, 0.25) is 0 Å². The zero-order chi connectivity index (χ0) is 13.5. The molecule has 1 N–H and O–H groups in total. The third-order valence-corrected chi connectivity index (χ3v) is 3.19. The van der Waals surface area contributed by atoms with Gasteiger partial charge in [0.2, 0.25) is 0 Å². The topological polar surface area (TPSA) is 48.7 Å². The third kappa shape index (κ3) is 3.64. The molecule has 0 spiro atoms. The number of aromatic nitrogens is 1. The molecule has 1 aromatic heterocycles. The van der Waals surface area contributed by atoms with Gasteiger partial charge in [-0.25, -0.2) is 0 Å². The first-order valence-corrected chi connectivity index (χ1v) is 6.39. The highest BCUT2D eigenvalue weighted by molar-refractivity contribution is 5.25. The van der Waals surface area contributed by atoms with Crippen molar-refractivity contribution in [3.8, 4) is 6.07 Å². The van der Waals surface area contributed by atoms with E-state index in [0.29, 0.717) is 6.54 Å². The second-order valence-electron chi connectivity index (χ2n) is 4.50. The molecular weight excluding hydrogens is 234 g/mol. The molecule has 3 nitrogen and oxygen atoms in total. The normalized spacial score (nSPS) is 13.5. The van der Waals surface area contributed by atoms with Crippen molar-refractivity contribution in [2.24, 2.45) is 0 Å². The van der Waals surface area contributed by atoms with Gasteiger partial charge in [-0.05, 0) is 30.2 Å². The van der Waals surface area contributed by atoms with Gasteiger partial charge < -0.3 is 5.32 Å². The van der Waals surface area contributed by atoms with Gasteiger partial charge >= 0.3 is 0 Å². The van der Waals surface area contributed by atoms with Gasteiger partial charge in [0, 0.05) is 25.0 Å². The first-order valence-electron chi connectivity index (χ1n) is 6.39. The highest BCUT2D eigenvalue weighted by Gasteiger charge is 2.12. The molecule has 1 heterocycles. The monoisotopic (exact) mass is 251 g/mol. The van der Waals surface area contributed by atoms with Gasteiger partial charge in [-0.1, -0.05) is 30.3 Å². The number of nitrogens with zero attached hydrogens (tertiary/aromatic N) is 2. The van der Waals surface area contributed by atoms with E-state index in [1.54, 1.807) is 12.4 Å². The molecule has 2 unspecified atom stereocenters. The first-order chi connectivity index (χ1) is 9.31. The molecule has 0 saturated heterocycles. The number of benzene rings is 1. The van der Waals surface area contributed by atoms with E-state index in [0.717, 1.165) is 5.56 Å². The molecule has 96 valence electrons. The lowest BCUT2D eigenvalue weighted by molar-refractivity contribution is 0.557. The van der Waals surface area contributed by atoms with Crippen LogP contribution in [0.3, 0.4) is 0 Å². The molecule has 0 radical (unpaired) electrons. The lowest BCUT2D eigenvalue weighted by atomic mass is 10.00. The van der Waals surface area contributed by atoms with E-state index >= 15 is 0 Å². The second kappa shape index (κ2) is 6.67. The molecule has 0 amide bonds. The number of pyridine rings is 1. The Hall–Kier alpha value is -2.18. The fraction of sp³-hybridized carbons (Fsp3) is 0.250. The zero-order valence-corrected chi connectivity index (χ0v) is 11.0. The summed E-state index contributed by atoms with van der Waals surface area (Å²) in [5, 5.41) is 12.7. The summed E-state index contributed by atoms with van der Waals surface area (Å²) in [6.07, 6.45) is 3.57. The fourth-order valence-electron chi connectivity index (χ4n) is 1.99. The molecule has 0 aliphatic carbocycles. The highest BCUT2D eigenvalue weighted by atomic mass is 14.9. The molecule has 2 rings (SSSR count).